The lowest BCUT2D eigenvalue weighted by atomic mass is 9.89. The molecule has 0 aromatic heterocycles. The highest BCUT2D eigenvalue weighted by molar-refractivity contribution is 5.92. The van der Waals surface area contributed by atoms with E-state index in [9.17, 15) is 19.4 Å². The summed E-state index contributed by atoms with van der Waals surface area (Å²) in [5.41, 5.74) is 2.62. The van der Waals surface area contributed by atoms with Gasteiger partial charge in [-0.25, -0.2) is 9.18 Å². The van der Waals surface area contributed by atoms with Gasteiger partial charge in [-0.15, -0.1) is 0 Å². The number of rotatable bonds is 3. The van der Waals surface area contributed by atoms with Crippen molar-refractivity contribution in [2.45, 2.75) is 26.9 Å². The van der Waals surface area contributed by atoms with Crippen LogP contribution < -0.4 is 0 Å². The van der Waals surface area contributed by atoms with Gasteiger partial charge in [0.05, 0.1) is 5.56 Å². The number of hydrogen-bond donors (Lipinski definition) is 2. The Morgan fingerprint density at radius 1 is 1.05 bits per heavy atom. The molecule has 0 fully saturated rings. The molecule has 3 nitrogen and oxygen atoms in total. The number of hydrogen-bond acceptors (Lipinski definition) is 2. The lowest BCUT2D eigenvalue weighted by molar-refractivity contribution is 0.0690. The van der Waals surface area contributed by atoms with Crippen LogP contribution in [-0.4, -0.2) is 16.2 Å². The van der Waals surface area contributed by atoms with E-state index >= 15 is 0 Å². The average Bonchev–Trinajstić information content (AvgIpc) is 2.43. The topological polar surface area (TPSA) is 57.5 Å². The first-order valence-corrected chi connectivity index (χ1v) is 6.60. The molecule has 0 aliphatic heterocycles. The Hall–Kier alpha value is -2.20. The van der Waals surface area contributed by atoms with Crippen molar-refractivity contribution in [3.05, 3.63) is 69.5 Å². The highest BCUT2D eigenvalue weighted by Crippen LogP contribution is 2.30. The molecule has 4 heteroatoms. The smallest absolute Gasteiger partial charge is 0.336 e. The number of aliphatic hydroxyl groups excluding tert-OH is 1. The molecule has 0 spiro atoms. The largest absolute Gasteiger partial charge is 0.478 e. The van der Waals surface area contributed by atoms with Crippen molar-refractivity contribution in [1.82, 2.24) is 0 Å². The number of aromatic carboxylic acids is 1. The predicted octanol–water partition coefficient (Wildman–Crippen LogP) is 3.53. The van der Waals surface area contributed by atoms with Crippen LogP contribution in [0.25, 0.3) is 0 Å². The fourth-order valence-electron chi connectivity index (χ4n) is 2.47. The van der Waals surface area contributed by atoms with Crippen LogP contribution in [0.2, 0.25) is 0 Å². The molecule has 0 radical (unpaired) electrons. The van der Waals surface area contributed by atoms with E-state index in [4.69, 9.17) is 0 Å². The van der Waals surface area contributed by atoms with Crippen LogP contribution in [0.1, 0.15) is 44.3 Å². The van der Waals surface area contributed by atoms with Crippen LogP contribution in [0.5, 0.6) is 0 Å². The summed E-state index contributed by atoms with van der Waals surface area (Å²) in [5.74, 6) is -1.44. The zero-order valence-electron chi connectivity index (χ0n) is 12.1. The highest BCUT2D eigenvalue weighted by atomic mass is 19.1. The molecular formula is C17H17FO3. The summed E-state index contributed by atoms with van der Waals surface area (Å²) in [6.07, 6.45) is -1.10. The molecule has 0 heterocycles. The molecule has 0 aliphatic carbocycles. The molecule has 1 unspecified atom stereocenters. The second-order valence-electron chi connectivity index (χ2n) is 5.20. The van der Waals surface area contributed by atoms with E-state index in [1.54, 1.807) is 32.9 Å². The SMILES string of the molecule is Cc1cc(C(O)c2c(C)ccc(C)c2C(=O)O)ccc1F. The van der Waals surface area contributed by atoms with E-state index < -0.39 is 12.1 Å². The molecule has 1 atom stereocenters. The van der Waals surface area contributed by atoms with E-state index in [0.717, 1.165) is 0 Å². The zero-order valence-corrected chi connectivity index (χ0v) is 12.1. The van der Waals surface area contributed by atoms with Crippen LogP contribution in [0.3, 0.4) is 0 Å². The Kier molecular flexibility index (Phi) is 4.09. The van der Waals surface area contributed by atoms with E-state index in [-0.39, 0.29) is 11.4 Å². The van der Waals surface area contributed by atoms with Gasteiger partial charge in [-0.1, -0.05) is 24.3 Å². The van der Waals surface area contributed by atoms with Crippen LogP contribution in [0, 0.1) is 26.6 Å². The van der Waals surface area contributed by atoms with E-state index in [1.165, 1.54) is 18.2 Å². The molecule has 0 aliphatic rings. The number of aliphatic hydroxyl groups is 1. The third-order valence-corrected chi connectivity index (χ3v) is 3.66. The lowest BCUT2D eigenvalue weighted by Gasteiger charge is -2.19. The number of carbonyl (C=O) groups is 1. The molecule has 0 saturated heterocycles. The number of carboxylic acid groups (broad SMARTS) is 1. The minimum absolute atomic E-state index is 0.101. The lowest BCUT2D eigenvalue weighted by Crippen LogP contribution is -2.12. The zero-order chi connectivity index (χ0) is 15.7. The first-order valence-electron chi connectivity index (χ1n) is 6.60. The summed E-state index contributed by atoms with van der Waals surface area (Å²) in [4.78, 5) is 11.5. The van der Waals surface area contributed by atoms with Gasteiger partial charge in [-0.2, -0.15) is 0 Å². The van der Waals surface area contributed by atoms with Gasteiger partial charge in [0.15, 0.2) is 0 Å². The van der Waals surface area contributed by atoms with Crippen LogP contribution in [0.4, 0.5) is 4.39 Å². The van der Waals surface area contributed by atoms with E-state index in [2.05, 4.69) is 0 Å². The van der Waals surface area contributed by atoms with Gasteiger partial charge in [0, 0.05) is 5.56 Å². The Balaban J connectivity index is 2.62. The number of carboxylic acids is 1. The molecular weight excluding hydrogens is 271 g/mol. The van der Waals surface area contributed by atoms with Gasteiger partial charge < -0.3 is 10.2 Å². The second kappa shape index (κ2) is 5.66. The third-order valence-electron chi connectivity index (χ3n) is 3.66. The van der Waals surface area contributed by atoms with E-state index in [1.807, 2.05) is 0 Å². The standard InChI is InChI=1S/C17H17FO3/c1-9-4-5-10(2)15(17(20)21)14(9)16(19)12-6-7-13(18)11(3)8-12/h4-8,16,19H,1-3H3,(H,20,21). The Morgan fingerprint density at radius 3 is 2.24 bits per heavy atom. The van der Waals surface area contributed by atoms with Gasteiger partial charge >= 0.3 is 5.97 Å². The summed E-state index contributed by atoms with van der Waals surface area (Å²) < 4.78 is 13.3. The minimum atomic E-state index is -1.10. The summed E-state index contributed by atoms with van der Waals surface area (Å²) in [5, 5.41) is 20.0. The highest BCUT2D eigenvalue weighted by Gasteiger charge is 2.23. The summed E-state index contributed by atoms with van der Waals surface area (Å²) in [6.45, 7) is 5.04. The molecule has 0 bridgehead atoms. The molecule has 21 heavy (non-hydrogen) atoms. The maximum absolute atomic E-state index is 13.3. The maximum atomic E-state index is 13.3. The fraction of sp³-hybridized carbons (Fsp3) is 0.235. The van der Waals surface area contributed by atoms with Crippen molar-refractivity contribution in [2.75, 3.05) is 0 Å². The summed E-state index contributed by atoms with van der Waals surface area (Å²) in [7, 11) is 0. The quantitative estimate of drug-likeness (QED) is 0.908. The molecule has 110 valence electrons. The van der Waals surface area contributed by atoms with Crippen LogP contribution in [-0.2, 0) is 0 Å². The van der Waals surface area contributed by atoms with Crippen molar-refractivity contribution in [2.24, 2.45) is 0 Å². The average molecular weight is 288 g/mol. The fourth-order valence-corrected chi connectivity index (χ4v) is 2.47. The van der Waals surface area contributed by atoms with Gasteiger partial charge in [0.1, 0.15) is 11.9 Å². The number of benzene rings is 2. The van der Waals surface area contributed by atoms with Gasteiger partial charge in [-0.3, -0.25) is 0 Å². The van der Waals surface area contributed by atoms with Crippen molar-refractivity contribution in [1.29, 1.82) is 0 Å². The second-order valence-corrected chi connectivity index (χ2v) is 5.20. The maximum Gasteiger partial charge on any atom is 0.336 e. The Morgan fingerprint density at radius 2 is 1.67 bits per heavy atom. The Bertz CT molecular complexity index is 707. The molecule has 0 amide bonds. The molecule has 0 saturated carbocycles. The van der Waals surface area contributed by atoms with Gasteiger partial charge in [0.25, 0.3) is 0 Å². The van der Waals surface area contributed by atoms with Crippen LogP contribution >= 0.6 is 0 Å². The monoisotopic (exact) mass is 288 g/mol. The minimum Gasteiger partial charge on any atom is -0.478 e. The molecule has 2 aromatic carbocycles. The molecule has 2 aromatic rings. The molecule has 2 N–H and O–H groups in total. The van der Waals surface area contributed by atoms with Crippen molar-refractivity contribution in [3.63, 3.8) is 0 Å². The van der Waals surface area contributed by atoms with Crippen molar-refractivity contribution < 1.29 is 19.4 Å². The first-order chi connectivity index (χ1) is 9.82. The number of halogens is 1. The summed E-state index contributed by atoms with van der Waals surface area (Å²) in [6, 6.07) is 7.77. The van der Waals surface area contributed by atoms with Crippen molar-refractivity contribution in [3.8, 4) is 0 Å². The predicted molar refractivity (Wildman–Crippen MR) is 78.1 cm³/mol. The van der Waals surface area contributed by atoms with Crippen molar-refractivity contribution >= 4 is 5.97 Å². The third kappa shape index (κ3) is 2.81. The molecule has 2 rings (SSSR count). The van der Waals surface area contributed by atoms with E-state index in [0.29, 0.717) is 27.8 Å². The Labute approximate surface area is 122 Å². The van der Waals surface area contributed by atoms with Crippen LogP contribution in [0.15, 0.2) is 30.3 Å². The normalized spacial score (nSPS) is 12.2. The summed E-state index contributed by atoms with van der Waals surface area (Å²) >= 11 is 0. The van der Waals surface area contributed by atoms with Gasteiger partial charge in [0.2, 0.25) is 0 Å². The first kappa shape index (κ1) is 15.2. The number of aryl methyl sites for hydroxylation is 3. The van der Waals surface area contributed by atoms with Gasteiger partial charge in [-0.05, 0) is 49.1 Å².